The van der Waals surface area contributed by atoms with E-state index in [9.17, 15) is 0 Å². The minimum atomic E-state index is -0.325. The van der Waals surface area contributed by atoms with Crippen LogP contribution in [-0.4, -0.2) is 15.0 Å². The van der Waals surface area contributed by atoms with E-state index in [4.69, 9.17) is 15.0 Å². The molecule has 2 aliphatic rings. The van der Waals surface area contributed by atoms with E-state index in [2.05, 4.69) is 140 Å². The standard InChI is InChI=1S/C52H33N3/c1-3-14-36(15-4-1)49-53-50(37-16-5-2-6-17-37)55-51(54-49)40-19-13-18-38(32-40)34-26-28-35(29-27-34)39-30-31-48-44(33-39)43-22-9-12-25-47(43)52(48)45-23-10-7-20-41(45)42-21-8-11-24-46(42)52/h1-33H. The number of rotatable bonds is 5. The molecule has 0 amide bonds. The second kappa shape index (κ2) is 12.4. The highest BCUT2D eigenvalue weighted by Crippen LogP contribution is 2.62. The molecule has 0 saturated heterocycles. The molecule has 0 aliphatic heterocycles. The van der Waals surface area contributed by atoms with Gasteiger partial charge in [-0.25, -0.2) is 15.0 Å². The average Bonchev–Trinajstić information content (AvgIpc) is 3.74. The summed E-state index contributed by atoms with van der Waals surface area (Å²) in [4.78, 5) is 14.8. The maximum atomic E-state index is 4.96. The fraction of sp³-hybridized carbons (Fsp3) is 0.0192. The summed E-state index contributed by atoms with van der Waals surface area (Å²) >= 11 is 0. The van der Waals surface area contributed by atoms with Crippen molar-refractivity contribution in [1.29, 1.82) is 0 Å². The SMILES string of the molecule is c1ccc(-c2nc(-c3ccccc3)nc(-c3cccc(-c4ccc(-c5ccc6c(c5)-c5ccccc5C65c6ccccc6-c6ccccc65)cc4)c3)n2)cc1. The van der Waals surface area contributed by atoms with E-state index in [-0.39, 0.29) is 5.41 Å². The molecule has 0 saturated carbocycles. The van der Waals surface area contributed by atoms with Crippen LogP contribution in [-0.2, 0) is 5.41 Å². The van der Waals surface area contributed by atoms with Crippen LogP contribution in [0.3, 0.4) is 0 Å². The maximum absolute atomic E-state index is 4.96. The van der Waals surface area contributed by atoms with Gasteiger partial charge in [0.15, 0.2) is 17.5 Å². The van der Waals surface area contributed by atoms with Crippen LogP contribution >= 0.6 is 0 Å². The molecule has 0 fully saturated rings. The van der Waals surface area contributed by atoms with Crippen molar-refractivity contribution in [3.63, 3.8) is 0 Å². The largest absolute Gasteiger partial charge is 0.208 e. The summed E-state index contributed by atoms with van der Waals surface area (Å²) in [5.41, 5.74) is 17.9. The summed E-state index contributed by atoms with van der Waals surface area (Å²) in [6.45, 7) is 0. The van der Waals surface area contributed by atoms with E-state index in [0.717, 1.165) is 27.8 Å². The van der Waals surface area contributed by atoms with Gasteiger partial charge in [0.25, 0.3) is 0 Å². The first-order valence-corrected chi connectivity index (χ1v) is 18.8. The molecule has 1 heterocycles. The lowest BCUT2D eigenvalue weighted by molar-refractivity contribution is 0.794. The Hall–Kier alpha value is -7.23. The summed E-state index contributed by atoms with van der Waals surface area (Å²) in [7, 11) is 0. The van der Waals surface area contributed by atoms with Crippen LogP contribution in [0.2, 0.25) is 0 Å². The molecule has 11 rings (SSSR count). The van der Waals surface area contributed by atoms with Crippen molar-refractivity contribution >= 4 is 0 Å². The van der Waals surface area contributed by atoms with E-state index < -0.39 is 0 Å². The minimum Gasteiger partial charge on any atom is -0.208 e. The number of hydrogen-bond donors (Lipinski definition) is 0. The summed E-state index contributed by atoms with van der Waals surface area (Å²) in [5.74, 6) is 1.96. The van der Waals surface area contributed by atoms with Crippen molar-refractivity contribution in [1.82, 2.24) is 15.0 Å². The first-order valence-electron chi connectivity index (χ1n) is 18.8. The lowest BCUT2D eigenvalue weighted by Gasteiger charge is -2.30. The van der Waals surface area contributed by atoms with Gasteiger partial charge in [-0.05, 0) is 78.9 Å². The first-order chi connectivity index (χ1) is 27.3. The molecule has 8 aromatic carbocycles. The second-order valence-corrected chi connectivity index (χ2v) is 14.3. The highest BCUT2D eigenvalue weighted by Gasteiger charge is 2.51. The quantitative estimate of drug-likeness (QED) is 0.179. The topological polar surface area (TPSA) is 38.7 Å². The molecule has 9 aromatic rings. The predicted molar refractivity (Wildman–Crippen MR) is 223 cm³/mol. The summed E-state index contributed by atoms with van der Waals surface area (Å²) in [6, 6.07) is 71.6. The van der Waals surface area contributed by atoms with Gasteiger partial charge in [-0.2, -0.15) is 0 Å². The van der Waals surface area contributed by atoms with Crippen molar-refractivity contribution in [3.05, 3.63) is 222 Å². The number of nitrogens with zero attached hydrogens (tertiary/aromatic N) is 3. The number of hydrogen-bond acceptors (Lipinski definition) is 3. The third kappa shape index (κ3) is 4.87. The highest BCUT2D eigenvalue weighted by atomic mass is 15.0. The molecule has 0 bridgehead atoms. The van der Waals surface area contributed by atoms with Crippen LogP contribution in [0.25, 0.3) is 78.7 Å². The van der Waals surface area contributed by atoms with Gasteiger partial charge >= 0.3 is 0 Å². The Labute approximate surface area is 320 Å². The van der Waals surface area contributed by atoms with E-state index in [0.29, 0.717) is 17.5 Å². The van der Waals surface area contributed by atoms with Gasteiger partial charge in [-0.15, -0.1) is 0 Å². The Bertz CT molecular complexity index is 2810. The zero-order valence-corrected chi connectivity index (χ0v) is 29.9. The zero-order chi connectivity index (χ0) is 36.3. The van der Waals surface area contributed by atoms with Crippen LogP contribution in [0.15, 0.2) is 200 Å². The monoisotopic (exact) mass is 699 g/mol. The molecule has 3 nitrogen and oxygen atoms in total. The third-order valence-corrected chi connectivity index (χ3v) is 11.4. The van der Waals surface area contributed by atoms with Gasteiger partial charge in [0.05, 0.1) is 5.41 Å². The van der Waals surface area contributed by atoms with Crippen molar-refractivity contribution < 1.29 is 0 Å². The molecular weight excluding hydrogens is 667 g/mol. The molecule has 3 heteroatoms. The van der Waals surface area contributed by atoms with Gasteiger partial charge in [-0.1, -0.05) is 188 Å². The van der Waals surface area contributed by atoms with Crippen LogP contribution in [0, 0.1) is 0 Å². The van der Waals surface area contributed by atoms with E-state index in [1.165, 1.54) is 55.6 Å². The summed E-state index contributed by atoms with van der Waals surface area (Å²) in [6.07, 6.45) is 0. The molecule has 0 atom stereocenters. The normalized spacial score (nSPS) is 12.9. The third-order valence-electron chi connectivity index (χ3n) is 11.4. The number of aromatic nitrogens is 3. The maximum Gasteiger partial charge on any atom is 0.164 e. The molecule has 1 aromatic heterocycles. The molecule has 0 N–H and O–H groups in total. The number of fused-ring (bicyclic) bond motifs is 10. The van der Waals surface area contributed by atoms with Crippen molar-refractivity contribution in [2.75, 3.05) is 0 Å². The van der Waals surface area contributed by atoms with Crippen LogP contribution < -0.4 is 0 Å². The Morgan fingerprint density at radius 3 is 1.13 bits per heavy atom. The zero-order valence-electron chi connectivity index (χ0n) is 29.9. The van der Waals surface area contributed by atoms with Gasteiger partial charge in [-0.3, -0.25) is 0 Å². The Morgan fingerprint density at radius 1 is 0.236 bits per heavy atom. The fourth-order valence-corrected chi connectivity index (χ4v) is 8.91. The van der Waals surface area contributed by atoms with Crippen molar-refractivity contribution in [2.45, 2.75) is 5.41 Å². The molecule has 55 heavy (non-hydrogen) atoms. The minimum absolute atomic E-state index is 0.325. The van der Waals surface area contributed by atoms with Gasteiger partial charge in [0.2, 0.25) is 0 Å². The van der Waals surface area contributed by atoms with E-state index in [1.54, 1.807) is 0 Å². The molecule has 0 radical (unpaired) electrons. The summed E-state index contributed by atoms with van der Waals surface area (Å²) < 4.78 is 0. The molecule has 1 spiro atoms. The van der Waals surface area contributed by atoms with E-state index in [1.807, 2.05) is 60.7 Å². The summed E-state index contributed by atoms with van der Waals surface area (Å²) in [5, 5.41) is 0. The van der Waals surface area contributed by atoms with Crippen LogP contribution in [0.1, 0.15) is 22.3 Å². The van der Waals surface area contributed by atoms with E-state index >= 15 is 0 Å². The average molecular weight is 700 g/mol. The Balaban J connectivity index is 0.966. The Kier molecular flexibility index (Phi) is 7.08. The lowest BCUT2D eigenvalue weighted by atomic mass is 9.70. The smallest absolute Gasteiger partial charge is 0.164 e. The lowest BCUT2D eigenvalue weighted by Crippen LogP contribution is -2.25. The second-order valence-electron chi connectivity index (χ2n) is 14.3. The Morgan fingerprint density at radius 2 is 0.600 bits per heavy atom. The van der Waals surface area contributed by atoms with Gasteiger partial charge < -0.3 is 0 Å². The molecule has 2 aliphatic carbocycles. The highest BCUT2D eigenvalue weighted by molar-refractivity contribution is 5.96. The van der Waals surface area contributed by atoms with Crippen molar-refractivity contribution in [3.8, 4) is 78.7 Å². The fourth-order valence-electron chi connectivity index (χ4n) is 8.91. The van der Waals surface area contributed by atoms with Crippen molar-refractivity contribution in [2.24, 2.45) is 0 Å². The van der Waals surface area contributed by atoms with Gasteiger partial charge in [0.1, 0.15) is 0 Å². The first kappa shape index (κ1) is 31.3. The molecular formula is C52H33N3. The van der Waals surface area contributed by atoms with Crippen LogP contribution in [0.5, 0.6) is 0 Å². The molecule has 256 valence electrons. The van der Waals surface area contributed by atoms with Gasteiger partial charge in [0, 0.05) is 16.7 Å². The van der Waals surface area contributed by atoms with Crippen LogP contribution in [0.4, 0.5) is 0 Å². The molecule has 0 unspecified atom stereocenters. The predicted octanol–water partition coefficient (Wildman–Crippen LogP) is 12.6. The number of benzene rings is 8.